The third-order valence-corrected chi connectivity index (χ3v) is 5.07. The Bertz CT molecular complexity index is 1310. The Labute approximate surface area is 181 Å². The number of nitrogens with zero attached hydrogens (tertiary/aromatic N) is 4. The fraction of sp³-hybridized carbons (Fsp3) is 0.160. The van der Waals surface area contributed by atoms with Gasteiger partial charge in [-0.3, -0.25) is 4.79 Å². The van der Waals surface area contributed by atoms with Crippen LogP contribution in [0.2, 0.25) is 0 Å². The van der Waals surface area contributed by atoms with Gasteiger partial charge in [0.05, 0.1) is 5.39 Å². The van der Waals surface area contributed by atoms with Gasteiger partial charge in [0.1, 0.15) is 23.4 Å². The number of hydrogen-bond donors (Lipinski definition) is 1. The number of benzene rings is 2. The van der Waals surface area contributed by atoms with E-state index in [1.165, 1.54) is 11.9 Å². The molecule has 0 aliphatic carbocycles. The average Bonchev–Trinajstić information content (AvgIpc) is 3.11. The summed E-state index contributed by atoms with van der Waals surface area (Å²) in [6, 6.07) is 17.5. The van der Waals surface area contributed by atoms with Crippen molar-refractivity contribution >= 4 is 28.3 Å². The fourth-order valence-electron chi connectivity index (χ4n) is 3.26. The Morgan fingerprint density at radius 2 is 1.71 bits per heavy atom. The third kappa shape index (κ3) is 4.26. The minimum Gasteiger partial charge on any atom is -0.378 e. The second-order valence-corrected chi connectivity index (χ2v) is 7.56. The highest BCUT2D eigenvalue weighted by Gasteiger charge is 2.16. The Kier molecular flexibility index (Phi) is 5.42. The van der Waals surface area contributed by atoms with E-state index in [0.717, 1.165) is 22.3 Å². The average molecular weight is 409 g/mol. The van der Waals surface area contributed by atoms with Crippen molar-refractivity contribution in [2.45, 2.75) is 6.92 Å². The fourth-order valence-corrected chi connectivity index (χ4v) is 3.26. The summed E-state index contributed by atoms with van der Waals surface area (Å²) in [6.07, 6.45) is 1.48. The minimum atomic E-state index is -0.212. The molecule has 0 aliphatic heterocycles. The van der Waals surface area contributed by atoms with Crippen LogP contribution in [0.15, 0.2) is 60.9 Å². The van der Waals surface area contributed by atoms with Crippen LogP contribution in [-0.4, -0.2) is 34.5 Å². The molecule has 2 aromatic heterocycles. The van der Waals surface area contributed by atoms with Gasteiger partial charge in [-0.25, -0.2) is 9.97 Å². The van der Waals surface area contributed by atoms with E-state index in [-0.39, 0.29) is 5.91 Å². The number of hydrogen-bond acceptors (Lipinski definition) is 4. The Morgan fingerprint density at radius 1 is 1.00 bits per heavy atom. The van der Waals surface area contributed by atoms with Gasteiger partial charge in [0.15, 0.2) is 0 Å². The maximum absolute atomic E-state index is 12.9. The molecule has 4 aromatic rings. The minimum absolute atomic E-state index is 0.212. The maximum Gasteiger partial charge on any atom is 0.272 e. The molecule has 6 heteroatoms. The highest BCUT2D eigenvalue weighted by Crippen LogP contribution is 2.21. The van der Waals surface area contributed by atoms with Gasteiger partial charge in [0.2, 0.25) is 0 Å². The zero-order chi connectivity index (χ0) is 22.0. The Morgan fingerprint density at radius 3 is 2.39 bits per heavy atom. The molecule has 0 spiro atoms. The molecule has 154 valence electrons. The molecule has 0 fully saturated rings. The van der Waals surface area contributed by atoms with Crippen molar-refractivity contribution in [3.63, 3.8) is 0 Å². The summed E-state index contributed by atoms with van der Waals surface area (Å²) in [7, 11) is 5.77. The molecule has 2 heterocycles. The summed E-state index contributed by atoms with van der Waals surface area (Å²) in [6.45, 7) is 2.04. The smallest absolute Gasteiger partial charge is 0.272 e. The van der Waals surface area contributed by atoms with Crippen LogP contribution in [0.1, 0.15) is 27.3 Å². The predicted molar refractivity (Wildman–Crippen MR) is 124 cm³/mol. The number of amides is 1. The van der Waals surface area contributed by atoms with Crippen molar-refractivity contribution in [1.82, 2.24) is 14.5 Å². The van der Waals surface area contributed by atoms with E-state index < -0.39 is 0 Å². The first-order chi connectivity index (χ1) is 14.9. The van der Waals surface area contributed by atoms with Crippen LogP contribution in [0.3, 0.4) is 0 Å². The van der Waals surface area contributed by atoms with E-state index in [1.807, 2.05) is 81.5 Å². The van der Waals surface area contributed by atoms with Crippen LogP contribution in [0.5, 0.6) is 0 Å². The zero-order valence-electron chi connectivity index (χ0n) is 18.0. The standard InChI is InChI=1S/C25H23N5O/c1-17-5-7-18(8-6-17)9-14-22-21-15-23(30(4)24(21)27-16-26-22)25(31)28-19-10-12-20(13-11-19)29(2)3/h5-8,10-13,15-16H,1-4H3,(H,28,31). The molecule has 31 heavy (non-hydrogen) atoms. The highest BCUT2D eigenvalue weighted by molar-refractivity contribution is 6.06. The van der Waals surface area contributed by atoms with Crippen LogP contribution in [0.25, 0.3) is 11.0 Å². The lowest BCUT2D eigenvalue weighted by molar-refractivity contribution is 0.101. The molecule has 0 bridgehead atoms. The van der Waals surface area contributed by atoms with Crippen molar-refractivity contribution in [3.8, 4) is 11.8 Å². The SMILES string of the molecule is Cc1ccc(C#Cc2ncnc3c2cc(C(=O)Nc2ccc(N(C)C)cc2)n3C)cc1. The molecule has 6 nitrogen and oxygen atoms in total. The molecule has 0 saturated heterocycles. The molecule has 0 radical (unpaired) electrons. The van der Waals surface area contributed by atoms with Gasteiger partial charge in [-0.15, -0.1) is 0 Å². The van der Waals surface area contributed by atoms with Gasteiger partial charge in [-0.05, 0) is 55.3 Å². The molecule has 1 amide bonds. The van der Waals surface area contributed by atoms with Crippen molar-refractivity contribution in [2.24, 2.45) is 7.05 Å². The van der Waals surface area contributed by atoms with Gasteiger partial charge in [0, 0.05) is 38.1 Å². The number of fused-ring (bicyclic) bond motifs is 1. The summed E-state index contributed by atoms with van der Waals surface area (Å²) in [5.74, 6) is 6.04. The molecule has 0 atom stereocenters. The van der Waals surface area contributed by atoms with Crippen LogP contribution in [0.4, 0.5) is 11.4 Å². The second kappa shape index (κ2) is 8.33. The van der Waals surface area contributed by atoms with E-state index in [4.69, 9.17) is 0 Å². The van der Waals surface area contributed by atoms with Crippen molar-refractivity contribution in [1.29, 1.82) is 0 Å². The quantitative estimate of drug-likeness (QED) is 0.520. The molecule has 0 aliphatic rings. The lowest BCUT2D eigenvalue weighted by Gasteiger charge is -2.13. The lowest BCUT2D eigenvalue weighted by Crippen LogP contribution is -2.16. The molecule has 0 unspecified atom stereocenters. The van der Waals surface area contributed by atoms with Gasteiger partial charge in [-0.2, -0.15) is 0 Å². The van der Waals surface area contributed by atoms with Crippen LogP contribution in [-0.2, 0) is 7.05 Å². The van der Waals surface area contributed by atoms with E-state index in [9.17, 15) is 4.79 Å². The number of aryl methyl sites for hydroxylation is 2. The number of nitrogens with one attached hydrogen (secondary N) is 1. The summed E-state index contributed by atoms with van der Waals surface area (Å²) in [5, 5.41) is 3.69. The topological polar surface area (TPSA) is 63.1 Å². The third-order valence-electron chi connectivity index (χ3n) is 5.07. The summed E-state index contributed by atoms with van der Waals surface area (Å²) in [4.78, 5) is 23.6. The molecular formula is C25H23N5O. The monoisotopic (exact) mass is 409 g/mol. The van der Waals surface area contributed by atoms with Crippen LogP contribution >= 0.6 is 0 Å². The normalized spacial score (nSPS) is 10.5. The zero-order valence-corrected chi connectivity index (χ0v) is 18.0. The second-order valence-electron chi connectivity index (χ2n) is 7.56. The number of rotatable bonds is 3. The van der Waals surface area contributed by atoms with Crippen LogP contribution < -0.4 is 10.2 Å². The molecule has 4 rings (SSSR count). The van der Waals surface area contributed by atoms with E-state index >= 15 is 0 Å². The number of aromatic nitrogens is 3. The van der Waals surface area contributed by atoms with E-state index in [0.29, 0.717) is 17.0 Å². The largest absolute Gasteiger partial charge is 0.378 e. The summed E-state index contributed by atoms with van der Waals surface area (Å²) in [5.41, 5.74) is 5.64. The number of carbonyl (C=O) groups excluding carboxylic acids is 1. The first-order valence-corrected chi connectivity index (χ1v) is 9.90. The van der Waals surface area contributed by atoms with Gasteiger partial charge in [-0.1, -0.05) is 23.6 Å². The van der Waals surface area contributed by atoms with Gasteiger partial charge < -0.3 is 14.8 Å². The lowest BCUT2D eigenvalue weighted by atomic mass is 10.1. The maximum atomic E-state index is 12.9. The van der Waals surface area contributed by atoms with E-state index in [2.05, 4.69) is 27.1 Å². The van der Waals surface area contributed by atoms with Crippen molar-refractivity contribution in [2.75, 3.05) is 24.3 Å². The van der Waals surface area contributed by atoms with E-state index in [1.54, 1.807) is 10.6 Å². The first-order valence-electron chi connectivity index (χ1n) is 9.90. The molecular weight excluding hydrogens is 386 g/mol. The van der Waals surface area contributed by atoms with Crippen LogP contribution in [0, 0.1) is 18.8 Å². The number of anilines is 2. The Balaban J connectivity index is 1.64. The predicted octanol–water partition coefficient (Wildman–Crippen LogP) is 3.99. The van der Waals surface area contributed by atoms with Gasteiger partial charge >= 0.3 is 0 Å². The molecule has 2 aromatic carbocycles. The summed E-state index contributed by atoms with van der Waals surface area (Å²) < 4.78 is 1.76. The van der Waals surface area contributed by atoms with Gasteiger partial charge in [0.25, 0.3) is 5.91 Å². The number of carbonyl (C=O) groups is 1. The van der Waals surface area contributed by atoms with Crippen molar-refractivity contribution in [3.05, 3.63) is 83.4 Å². The van der Waals surface area contributed by atoms with Crippen molar-refractivity contribution < 1.29 is 4.79 Å². The molecule has 0 saturated carbocycles. The highest BCUT2D eigenvalue weighted by atomic mass is 16.1. The molecule has 1 N–H and O–H groups in total. The Hall–Kier alpha value is -4.11. The summed E-state index contributed by atoms with van der Waals surface area (Å²) >= 11 is 0. The first kappa shape index (κ1) is 20.2.